The smallest absolute Gasteiger partial charge is 0.284 e. The van der Waals surface area contributed by atoms with Crippen molar-refractivity contribution in [2.24, 2.45) is 5.92 Å². The number of nitrogens with zero attached hydrogens (tertiary/aromatic N) is 3. The molecule has 7 heteroatoms. The lowest BCUT2D eigenvalue weighted by molar-refractivity contribution is -0.129. The van der Waals surface area contributed by atoms with Gasteiger partial charge in [-0.25, -0.2) is 0 Å². The largest absolute Gasteiger partial charge is 0.459 e. The van der Waals surface area contributed by atoms with Crippen molar-refractivity contribution in [3.8, 4) is 11.7 Å². The number of thioether (sulfide) groups is 1. The lowest BCUT2D eigenvalue weighted by atomic mass is 9.90. The monoisotopic (exact) mass is 383 g/mol. The number of amides is 1. The van der Waals surface area contributed by atoms with Crippen LogP contribution in [0.4, 0.5) is 0 Å². The molecule has 3 heterocycles. The maximum atomic E-state index is 12.5. The average Bonchev–Trinajstić information content (AvgIpc) is 3.39. The zero-order chi connectivity index (χ0) is 18.5. The molecule has 1 fully saturated rings. The molecule has 6 nitrogen and oxygen atoms in total. The number of aromatic nitrogens is 2. The number of benzene rings is 1. The highest BCUT2D eigenvalue weighted by Gasteiger charge is 2.23. The molecule has 140 valence electrons. The maximum absolute atomic E-state index is 12.5. The van der Waals surface area contributed by atoms with E-state index in [1.54, 1.807) is 18.4 Å². The average molecular weight is 383 g/mol. The van der Waals surface area contributed by atoms with E-state index in [0.29, 0.717) is 28.5 Å². The molecule has 1 saturated heterocycles. The van der Waals surface area contributed by atoms with Crippen LogP contribution in [0.2, 0.25) is 0 Å². The number of piperidine rings is 1. The normalized spacial score (nSPS) is 15.2. The third kappa shape index (κ3) is 4.60. The number of carbonyl (C=O) groups excluding carboxylic acids is 1. The number of carbonyl (C=O) groups is 1. The van der Waals surface area contributed by atoms with Gasteiger partial charge in [0.05, 0.1) is 12.0 Å². The second kappa shape index (κ2) is 8.43. The first kappa shape index (κ1) is 17.9. The molecule has 1 amide bonds. The SMILES string of the molecule is O=C(CSc1nnc(-c2ccco2)o1)N1CCC(Cc2ccccc2)CC1. The molecule has 0 radical (unpaired) electrons. The Kier molecular flexibility index (Phi) is 5.58. The lowest BCUT2D eigenvalue weighted by Crippen LogP contribution is -2.39. The molecule has 0 atom stereocenters. The van der Waals surface area contributed by atoms with Crippen LogP contribution in [0.3, 0.4) is 0 Å². The molecule has 4 rings (SSSR count). The topological polar surface area (TPSA) is 72.4 Å². The van der Waals surface area contributed by atoms with Crippen LogP contribution in [-0.4, -0.2) is 39.8 Å². The number of likely N-dealkylation sites (tertiary alicyclic amines) is 1. The molecule has 0 spiro atoms. The summed E-state index contributed by atoms with van der Waals surface area (Å²) >= 11 is 1.27. The second-order valence-electron chi connectivity index (χ2n) is 6.65. The molecule has 1 aliphatic heterocycles. The van der Waals surface area contributed by atoms with E-state index in [2.05, 4.69) is 34.5 Å². The number of hydrogen-bond acceptors (Lipinski definition) is 6. The molecule has 0 unspecified atom stereocenters. The van der Waals surface area contributed by atoms with Gasteiger partial charge in [-0.1, -0.05) is 42.1 Å². The highest BCUT2D eigenvalue weighted by molar-refractivity contribution is 7.99. The van der Waals surface area contributed by atoms with Crippen molar-refractivity contribution in [2.75, 3.05) is 18.8 Å². The molecular weight excluding hydrogens is 362 g/mol. The summed E-state index contributed by atoms with van der Waals surface area (Å²) in [5, 5.41) is 8.29. The van der Waals surface area contributed by atoms with Gasteiger partial charge in [0.2, 0.25) is 5.91 Å². The Balaban J connectivity index is 1.23. The summed E-state index contributed by atoms with van der Waals surface area (Å²) in [6.45, 7) is 1.64. The molecular formula is C20H21N3O3S. The summed E-state index contributed by atoms with van der Waals surface area (Å²) in [5.41, 5.74) is 1.38. The second-order valence-corrected chi connectivity index (χ2v) is 7.58. The number of hydrogen-bond donors (Lipinski definition) is 0. The van der Waals surface area contributed by atoms with Gasteiger partial charge in [-0.15, -0.1) is 10.2 Å². The molecule has 1 aromatic carbocycles. The van der Waals surface area contributed by atoms with Crippen molar-refractivity contribution in [1.29, 1.82) is 0 Å². The summed E-state index contributed by atoms with van der Waals surface area (Å²) in [7, 11) is 0. The van der Waals surface area contributed by atoms with Crippen LogP contribution >= 0.6 is 11.8 Å². The van der Waals surface area contributed by atoms with Crippen LogP contribution in [0.15, 0.2) is 62.8 Å². The van der Waals surface area contributed by atoms with Crippen molar-refractivity contribution >= 4 is 17.7 Å². The third-order valence-electron chi connectivity index (χ3n) is 4.79. The summed E-state index contributed by atoms with van der Waals surface area (Å²) in [5.74, 6) is 1.94. The van der Waals surface area contributed by atoms with Gasteiger partial charge < -0.3 is 13.7 Å². The Hall–Kier alpha value is -2.54. The summed E-state index contributed by atoms with van der Waals surface area (Å²) in [6.07, 6.45) is 4.75. The number of rotatable bonds is 6. The van der Waals surface area contributed by atoms with Gasteiger partial charge in [0.15, 0.2) is 5.76 Å². The molecule has 2 aromatic heterocycles. The van der Waals surface area contributed by atoms with Gasteiger partial charge in [-0.3, -0.25) is 4.79 Å². The van der Waals surface area contributed by atoms with Crippen LogP contribution < -0.4 is 0 Å². The van der Waals surface area contributed by atoms with Crippen molar-refractivity contribution in [1.82, 2.24) is 15.1 Å². The Morgan fingerprint density at radius 3 is 2.67 bits per heavy atom. The lowest BCUT2D eigenvalue weighted by Gasteiger charge is -2.32. The van der Waals surface area contributed by atoms with E-state index in [1.807, 2.05) is 11.0 Å². The Bertz CT molecular complexity index is 856. The Morgan fingerprint density at radius 2 is 1.93 bits per heavy atom. The van der Waals surface area contributed by atoms with Gasteiger partial charge in [0.25, 0.3) is 11.1 Å². The van der Waals surface area contributed by atoms with Crippen LogP contribution in [0.5, 0.6) is 0 Å². The fraction of sp³-hybridized carbons (Fsp3) is 0.350. The predicted octanol–water partition coefficient (Wildman–Crippen LogP) is 3.90. The van der Waals surface area contributed by atoms with Crippen LogP contribution in [-0.2, 0) is 11.2 Å². The fourth-order valence-corrected chi connectivity index (χ4v) is 3.98. The van der Waals surface area contributed by atoms with E-state index in [1.165, 1.54) is 17.3 Å². The van der Waals surface area contributed by atoms with Crippen LogP contribution in [0.25, 0.3) is 11.7 Å². The summed E-state index contributed by atoms with van der Waals surface area (Å²) in [4.78, 5) is 14.4. The van der Waals surface area contributed by atoms with Crippen molar-refractivity contribution in [2.45, 2.75) is 24.5 Å². The van der Waals surface area contributed by atoms with Crippen molar-refractivity contribution < 1.29 is 13.6 Å². The molecule has 0 bridgehead atoms. The molecule has 0 saturated carbocycles. The zero-order valence-corrected chi connectivity index (χ0v) is 15.7. The van der Waals surface area contributed by atoms with E-state index < -0.39 is 0 Å². The number of furan rings is 1. The minimum absolute atomic E-state index is 0.121. The highest BCUT2D eigenvalue weighted by Crippen LogP contribution is 2.25. The van der Waals surface area contributed by atoms with E-state index in [-0.39, 0.29) is 5.91 Å². The Morgan fingerprint density at radius 1 is 1.11 bits per heavy atom. The van der Waals surface area contributed by atoms with E-state index >= 15 is 0 Å². The molecule has 0 aliphatic carbocycles. The first-order chi connectivity index (χ1) is 13.3. The zero-order valence-electron chi connectivity index (χ0n) is 14.9. The quantitative estimate of drug-likeness (QED) is 0.601. The van der Waals surface area contributed by atoms with Gasteiger partial charge in [0, 0.05) is 13.1 Å². The predicted molar refractivity (Wildman–Crippen MR) is 102 cm³/mol. The molecule has 0 N–H and O–H groups in total. The van der Waals surface area contributed by atoms with E-state index in [4.69, 9.17) is 8.83 Å². The van der Waals surface area contributed by atoms with Gasteiger partial charge in [-0.2, -0.15) is 0 Å². The first-order valence-electron chi connectivity index (χ1n) is 9.10. The maximum Gasteiger partial charge on any atom is 0.284 e. The molecule has 27 heavy (non-hydrogen) atoms. The minimum Gasteiger partial charge on any atom is -0.459 e. The van der Waals surface area contributed by atoms with Gasteiger partial charge in [-0.05, 0) is 42.9 Å². The minimum atomic E-state index is 0.121. The molecule has 1 aliphatic rings. The van der Waals surface area contributed by atoms with Gasteiger partial charge in [0.1, 0.15) is 0 Å². The van der Waals surface area contributed by atoms with E-state index in [0.717, 1.165) is 32.4 Å². The van der Waals surface area contributed by atoms with Crippen LogP contribution in [0.1, 0.15) is 18.4 Å². The van der Waals surface area contributed by atoms with Crippen molar-refractivity contribution in [3.05, 3.63) is 54.3 Å². The summed E-state index contributed by atoms with van der Waals surface area (Å²) in [6, 6.07) is 14.1. The van der Waals surface area contributed by atoms with Crippen LogP contribution in [0, 0.1) is 5.92 Å². The third-order valence-corrected chi connectivity index (χ3v) is 5.60. The van der Waals surface area contributed by atoms with E-state index in [9.17, 15) is 4.79 Å². The van der Waals surface area contributed by atoms with Gasteiger partial charge >= 0.3 is 0 Å². The Labute approximate surface area is 162 Å². The standard InChI is InChI=1S/C20H21N3O3S/c24-18(14-27-20-22-21-19(26-20)17-7-4-12-25-17)23-10-8-16(9-11-23)13-15-5-2-1-3-6-15/h1-7,12,16H,8-11,13-14H2. The van der Waals surface area contributed by atoms with Crippen molar-refractivity contribution in [3.63, 3.8) is 0 Å². The summed E-state index contributed by atoms with van der Waals surface area (Å²) < 4.78 is 10.8. The first-order valence-corrected chi connectivity index (χ1v) is 10.1. The molecule has 3 aromatic rings. The fourth-order valence-electron chi connectivity index (χ4n) is 3.32. The highest BCUT2D eigenvalue weighted by atomic mass is 32.2.